The summed E-state index contributed by atoms with van der Waals surface area (Å²) >= 11 is 0. The van der Waals surface area contributed by atoms with Crippen molar-refractivity contribution < 1.29 is 23.8 Å². The number of hydrogen-bond donors (Lipinski definition) is 2. The minimum absolute atomic E-state index is 0.169. The first-order valence-corrected chi connectivity index (χ1v) is 11.4. The first-order valence-electron chi connectivity index (χ1n) is 11.4. The smallest absolute Gasteiger partial charge is 0.410 e. The number of fused-ring (bicyclic) bond motifs is 1. The number of piperazine rings is 1. The first-order chi connectivity index (χ1) is 15.8. The van der Waals surface area contributed by atoms with E-state index >= 15 is 4.39 Å². The molecule has 2 aromatic heterocycles. The molecule has 1 unspecified atom stereocenters. The van der Waals surface area contributed by atoms with Crippen molar-refractivity contribution in [3.05, 3.63) is 45.1 Å². The molecule has 4 heterocycles. The van der Waals surface area contributed by atoms with Gasteiger partial charge in [0.1, 0.15) is 11.7 Å². The van der Waals surface area contributed by atoms with Crippen LogP contribution in [0.1, 0.15) is 46.7 Å². The first kappa shape index (κ1) is 21.7. The summed E-state index contributed by atoms with van der Waals surface area (Å²) in [4.78, 5) is 40.3. The van der Waals surface area contributed by atoms with Gasteiger partial charge in [-0.1, -0.05) is 0 Å². The molecule has 3 fully saturated rings. The number of carboxylic acid groups (broad SMARTS) is 1. The fraction of sp³-hybridized carbons (Fsp3) is 0.522. The number of halogens is 1. The molecule has 9 nitrogen and oxygen atoms in total. The number of rotatable bonds is 4. The van der Waals surface area contributed by atoms with E-state index in [1.807, 2.05) is 4.90 Å². The highest BCUT2D eigenvalue weighted by atomic mass is 19.1. The molecule has 1 aliphatic carbocycles. The quantitative estimate of drug-likeness (QED) is 0.722. The number of carbonyl (C=O) groups is 2. The lowest BCUT2D eigenvalue weighted by molar-refractivity contribution is 0.0672. The standard InChI is InChI=1S/C23H27FN4O5/c1-13-19-16(14-2-3-14)10-17(22(30)31)21(29)28(19)12-18(24)20(13)27-7-4-15(11-27)33-23(32)26-8-5-25-6-9-26/h10,12,14-15,25H,2-9,11H2,1H3,(H,30,31). The predicted molar refractivity (Wildman–Crippen MR) is 119 cm³/mol. The molecule has 2 N–H and O–H groups in total. The number of anilines is 1. The zero-order chi connectivity index (χ0) is 23.3. The third-order valence-corrected chi connectivity index (χ3v) is 6.79. The highest BCUT2D eigenvalue weighted by Crippen LogP contribution is 2.44. The molecule has 33 heavy (non-hydrogen) atoms. The number of aromatic nitrogens is 1. The zero-order valence-electron chi connectivity index (χ0n) is 18.5. The molecule has 5 rings (SSSR count). The fourth-order valence-electron chi connectivity index (χ4n) is 4.98. The summed E-state index contributed by atoms with van der Waals surface area (Å²) in [6, 6.07) is 1.45. The van der Waals surface area contributed by atoms with Gasteiger partial charge in [-0.15, -0.1) is 0 Å². The highest BCUT2D eigenvalue weighted by Gasteiger charge is 2.33. The molecule has 2 saturated heterocycles. The van der Waals surface area contributed by atoms with Gasteiger partial charge < -0.3 is 25.0 Å². The summed E-state index contributed by atoms with van der Waals surface area (Å²) in [5.41, 5.74) is 1.23. The highest BCUT2D eigenvalue weighted by molar-refractivity contribution is 5.89. The van der Waals surface area contributed by atoms with E-state index in [4.69, 9.17) is 4.74 Å². The van der Waals surface area contributed by atoms with Crippen molar-refractivity contribution in [2.75, 3.05) is 44.2 Å². The second-order valence-corrected chi connectivity index (χ2v) is 9.04. The van der Waals surface area contributed by atoms with Crippen LogP contribution >= 0.6 is 0 Å². The Morgan fingerprint density at radius 1 is 1.18 bits per heavy atom. The van der Waals surface area contributed by atoms with E-state index in [-0.39, 0.29) is 23.7 Å². The third-order valence-electron chi connectivity index (χ3n) is 6.79. The topological polar surface area (TPSA) is 104 Å². The van der Waals surface area contributed by atoms with Crippen LogP contribution in [0.15, 0.2) is 17.1 Å². The molecule has 2 aromatic rings. The van der Waals surface area contributed by atoms with E-state index in [0.717, 1.165) is 42.1 Å². The van der Waals surface area contributed by atoms with E-state index in [9.17, 15) is 19.5 Å². The number of carbonyl (C=O) groups excluding carboxylic acids is 1. The summed E-state index contributed by atoms with van der Waals surface area (Å²) in [6.45, 7) is 5.32. The van der Waals surface area contributed by atoms with E-state index in [0.29, 0.717) is 49.4 Å². The molecule has 2 aliphatic heterocycles. The number of ether oxygens (including phenoxy) is 1. The van der Waals surface area contributed by atoms with Crippen molar-refractivity contribution in [3.8, 4) is 0 Å². The van der Waals surface area contributed by atoms with Gasteiger partial charge in [-0.05, 0) is 42.9 Å². The molecule has 176 valence electrons. The lowest BCUT2D eigenvalue weighted by Crippen LogP contribution is -2.47. The van der Waals surface area contributed by atoms with Crippen molar-refractivity contribution in [3.63, 3.8) is 0 Å². The Bertz CT molecular complexity index is 1190. The molecule has 1 amide bonds. The number of pyridine rings is 2. The van der Waals surface area contributed by atoms with Crippen LogP contribution in [0.25, 0.3) is 5.52 Å². The molecule has 1 saturated carbocycles. The molecule has 3 aliphatic rings. The van der Waals surface area contributed by atoms with Gasteiger partial charge in [-0.25, -0.2) is 14.0 Å². The SMILES string of the molecule is Cc1c(N2CCC(OC(=O)N3CCNCC3)C2)c(F)cn2c(=O)c(C(=O)O)cc(C3CC3)c12. The largest absolute Gasteiger partial charge is 0.477 e. The summed E-state index contributed by atoms with van der Waals surface area (Å²) in [7, 11) is 0. The fourth-order valence-corrected chi connectivity index (χ4v) is 4.98. The van der Waals surface area contributed by atoms with E-state index in [2.05, 4.69) is 5.32 Å². The Morgan fingerprint density at radius 3 is 2.58 bits per heavy atom. The number of aryl methyl sites for hydroxylation is 1. The summed E-state index contributed by atoms with van der Waals surface area (Å²) in [6.07, 6.45) is 2.81. The summed E-state index contributed by atoms with van der Waals surface area (Å²) in [5, 5.41) is 12.6. The third kappa shape index (κ3) is 3.92. The number of amides is 1. The van der Waals surface area contributed by atoms with Gasteiger partial charge in [0.2, 0.25) is 0 Å². The number of nitrogens with one attached hydrogen (secondary N) is 1. The van der Waals surface area contributed by atoms with Crippen LogP contribution in [0.4, 0.5) is 14.9 Å². The monoisotopic (exact) mass is 458 g/mol. The lowest BCUT2D eigenvalue weighted by atomic mass is 10.0. The summed E-state index contributed by atoms with van der Waals surface area (Å²) in [5.74, 6) is -1.74. The number of nitrogens with zero attached hydrogens (tertiary/aromatic N) is 3. The maximum atomic E-state index is 15.3. The van der Waals surface area contributed by atoms with Gasteiger partial charge in [0, 0.05) is 39.1 Å². The Morgan fingerprint density at radius 2 is 1.91 bits per heavy atom. The van der Waals surface area contributed by atoms with E-state index < -0.39 is 17.3 Å². The molecular formula is C23H27FN4O5. The predicted octanol–water partition coefficient (Wildman–Crippen LogP) is 1.94. The van der Waals surface area contributed by atoms with Gasteiger partial charge in [0.25, 0.3) is 5.56 Å². The van der Waals surface area contributed by atoms with Crippen LogP contribution < -0.4 is 15.8 Å². The molecule has 0 bridgehead atoms. The molecular weight excluding hydrogens is 431 g/mol. The van der Waals surface area contributed by atoms with Crippen LogP contribution in [0.5, 0.6) is 0 Å². The number of aromatic carboxylic acids is 1. The van der Waals surface area contributed by atoms with Gasteiger partial charge >= 0.3 is 12.1 Å². The van der Waals surface area contributed by atoms with Gasteiger partial charge in [-0.2, -0.15) is 0 Å². The normalized spacial score (nSPS) is 21.0. The van der Waals surface area contributed by atoms with Gasteiger partial charge in [0.15, 0.2) is 5.82 Å². The Labute approximate surface area is 189 Å². The number of carboxylic acids is 1. The van der Waals surface area contributed by atoms with E-state index in [1.165, 1.54) is 6.07 Å². The van der Waals surface area contributed by atoms with Crippen molar-refractivity contribution in [2.24, 2.45) is 0 Å². The molecule has 0 spiro atoms. The van der Waals surface area contributed by atoms with Crippen LogP contribution in [-0.4, -0.2) is 71.8 Å². The van der Waals surface area contributed by atoms with E-state index in [1.54, 1.807) is 11.8 Å². The molecule has 10 heteroatoms. The van der Waals surface area contributed by atoms with Gasteiger partial charge in [-0.3, -0.25) is 9.20 Å². The average Bonchev–Trinajstić information content (AvgIpc) is 3.54. The molecule has 1 atom stereocenters. The van der Waals surface area contributed by atoms with Crippen LogP contribution in [-0.2, 0) is 4.74 Å². The Hall–Kier alpha value is -3.14. The summed E-state index contributed by atoms with van der Waals surface area (Å²) < 4.78 is 22.1. The molecule has 0 radical (unpaired) electrons. The van der Waals surface area contributed by atoms with Crippen LogP contribution in [0, 0.1) is 12.7 Å². The molecule has 0 aromatic carbocycles. The van der Waals surface area contributed by atoms with Crippen LogP contribution in [0.3, 0.4) is 0 Å². The average molecular weight is 458 g/mol. The minimum Gasteiger partial charge on any atom is -0.477 e. The number of hydrogen-bond acceptors (Lipinski definition) is 6. The Kier molecular flexibility index (Phi) is 5.48. The second-order valence-electron chi connectivity index (χ2n) is 9.04. The Balaban J connectivity index is 1.46. The second kappa shape index (κ2) is 8.33. The van der Waals surface area contributed by atoms with Crippen molar-refractivity contribution >= 4 is 23.3 Å². The maximum Gasteiger partial charge on any atom is 0.410 e. The van der Waals surface area contributed by atoms with Crippen molar-refractivity contribution in [1.82, 2.24) is 14.6 Å². The minimum atomic E-state index is -1.31. The van der Waals surface area contributed by atoms with Crippen molar-refractivity contribution in [1.29, 1.82) is 0 Å². The maximum absolute atomic E-state index is 15.3. The van der Waals surface area contributed by atoms with Gasteiger partial charge in [0.05, 0.1) is 23.9 Å². The lowest BCUT2D eigenvalue weighted by Gasteiger charge is -2.28. The zero-order valence-corrected chi connectivity index (χ0v) is 18.5. The van der Waals surface area contributed by atoms with Crippen molar-refractivity contribution in [2.45, 2.75) is 38.2 Å². The van der Waals surface area contributed by atoms with Crippen LogP contribution in [0.2, 0.25) is 0 Å².